The number of phosphoric ester groups is 1. The molecule has 0 amide bonds. The van der Waals surface area contributed by atoms with Crippen LogP contribution in [-0.2, 0) is 32.7 Å². The fraction of sp³-hybridized carbons (Fsp3) is 0.964. The van der Waals surface area contributed by atoms with E-state index in [1.807, 2.05) is 21.1 Å². The van der Waals surface area contributed by atoms with Gasteiger partial charge in [-0.15, -0.1) is 0 Å². The summed E-state index contributed by atoms with van der Waals surface area (Å²) in [6.45, 7) is 4.47. The number of nitrogens with zero attached hydrogens (tertiary/aromatic N) is 1. The van der Waals surface area contributed by atoms with Gasteiger partial charge in [-0.3, -0.25) is 18.6 Å². The van der Waals surface area contributed by atoms with Crippen molar-refractivity contribution in [3.63, 3.8) is 0 Å². The lowest BCUT2D eigenvalue weighted by Gasteiger charge is -2.24. The third kappa shape index (κ3) is 52.2. The maximum Gasteiger partial charge on any atom is 0.472 e. The molecule has 10 heteroatoms. The van der Waals surface area contributed by atoms with Crippen LogP contribution in [0.25, 0.3) is 0 Å². The molecule has 65 heavy (non-hydrogen) atoms. The topological polar surface area (TPSA) is 108 Å². The summed E-state index contributed by atoms with van der Waals surface area (Å²) in [4.78, 5) is 35.5. The van der Waals surface area contributed by atoms with Crippen LogP contribution in [0, 0.1) is 0 Å². The second kappa shape index (κ2) is 48.1. The molecule has 0 aliphatic heterocycles. The first-order valence-electron chi connectivity index (χ1n) is 28.3. The minimum Gasteiger partial charge on any atom is -0.462 e. The highest BCUT2D eigenvalue weighted by Gasteiger charge is 2.27. The second-order valence-electron chi connectivity index (χ2n) is 20.7. The van der Waals surface area contributed by atoms with Crippen LogP contribution in [0.2, 0.25) is 0 Å². The Labute approximate surface area is 404 Å². The molecule has 0 rings (SSSR count). The van der Waals surface area contributed by atoms with E-state index in [4.69, 9.17) is 18.5 Å². The van der Waals surface area contributed by atoms with Gasteiger partial charge in [0.1, 0.15) is 19.8 Å². The van der Waals surface area contributed by atoms with Gasteiger partial charge in [0.2, 0.25) is 0 Å². The molecular weight excluding hydrogens is 834 g/mol. The molecule has 0 fully saturated rings. The summed E-state index contributed by atoms with van der Waals surface area (Å²) >= 11 is 0. The third-order valence-corrected chi connectivity index (χ3v) is 13.9. The molecule has 0 saturated carbocycles. The van der Waals surface area contributed by atoms with Gasteiger partial charge < -0.3 is 18.9 Å². The normalized spacial score (nSPS) is 13.3. The third-order valence-electron chi connectivity index (χ3n) is 12.9. The summed E-state index contributed by atoms with van der Waals surface area (Å²) < 4.78 is 34.4. The molecule has 1 N–H and O–H groups in total. The molecule has 0 aromatic carbocycles. The number of unbranched alkanes of at least 4 members (excludes halogenated alkanes) is 39. The number of ether oxygens (including phenoxy) is 2. The maximum absolute atomic E-state index is 12.8. The van der Waals surface area contributed by atoms with Crippen LogP contribution in [0.1, 0.15) is 290 Å². The van der Waals surface area contributed by atoms with Crippen molar-refractivity contribution in [1.29, 1.82) is 0 Å². The molecule has 2 unspecified atom stereocenters. The Bertz CT molecular complexity index is 1070. The first-order valence-corrected chi connectivity index (χ1v) is 29.8. The highest BCUT2D eigenvalue weighted by Crippen LogP contribution is 2.43. The van der Waals surface area contributed by atoms with E-state index < -0.39 is 26.5 Å². The van der Waals surface area contributed by atoms with E-state index in [1.165, 1.54) is 225 Å². The van der Waals surface area contributed by atoms with Gasteiger partial charge in [0.15, 0.2) is 6.10 Å². The Kier molecular flexibility index (Phi) is 47.3. The largest absolute Gasteiger partial charge is 0.472 e. The Morgan fingerprint density at radius 2 is 0.692 bits per heavy atom. The van der Waals surface area contributed by atoms with Gasteiger partial charge in [0.25, 0.3) is 0 Å². The minimum absolute atomic E-state index is 0.0370. The molecule has 0 saturated heterocycles. The molecule has 0 aromatic rings. The van der Waals surface area contributed by atoms with Gasteiger partial charge in [-0.25, -0.2) is 4.57 Å². The zero-order valence-electron chi connectivity index (χ0n) is 44.0. The minimum atomic E-state index is -4.37. The van der Waals surface area contributed by atoms with Gasteiger partial charge >= 0.3 is 19.8 Å². The lowest BCUT2D eigenvalue weighted by atomic mass is 10.0. The number of quaternary nitrogens is 1. The van der Waals surface area contributed by atoms with Crippen LogP contribution in [0.15, 0.2) is 0 Å². The molecule has 0 bridgehead atoms. The predicted molar refractivity (Wildman–Crippen MR) is 275 cm³/mol. The van der Waals surface area contributed by atoms with Gasteiger partial charge in [-0.05, 0) is 12.8 Å². The number of rotatable bonds is 53. The van der Waals surface area contributed by atoms with E-state index in [0.29, 0.717) is 17.4 Å². The number of carbonyl (C=O) groups is 2. The summed E-state index contributed by atoms with van der Waals surface area (Å²) in [7, 11) is 1.50. The Morgan fingerprint density at radius 3 is 0.985 bits per heavy atom. The first kappa shape index (κ1) is 64.0. The van der Waals surface area contributed by atoms with Crippen molar-refractivity contribution < 1.29 is 42.1 Å². The maximum atomic E-state index is 12.8. The van der Waals surface area contributed by atoms with Crippen LogP contribution >= 0.6 is 7.82 Å². The zero-order valence-corrected chi connectivity index (χ0v) is 44.9. The number of likely N-dealkylation sites (N-methyl/N-ethyl adjacent to an activating group) is 1. The van der Waals surface area contributed by atoms with Crippen LogP contribution < -0.4 is 0 Å². The first-order chi connectivity index (χ1) is 31.5. The SMILES string of the molecule is CCCCCCCCCCCCCCCCCCCCCCCCCCCCCCCCCC(=O)OC(COC(=O)CCCCCCCCCCCC)COP(=O)(O)OCC[N+](C)(C)C. The van der Waals surface area contributed by atoms with Gasteiger partial charge in [0.05, 0.1) is 27.7 Å². The summed E-state index contributed by atoms with van der Waals surface area (Å²) in [5.74, 6) is -0.781. The highest BCUT2D eigenvalue weighted by molar-refractivity contribution is 7.47. The predicted octanol–water partition coefficient (Wildman–Crippen LogP) is 17.1. The van der Waals surface area contributed by atoms with Crippen molar-refractivity contribution in [3.05, 3.63) is 0 Å². The van der Waals surface area contributed by atoms with Crippen LogP contribution in [-0.4, -0.2) is 74.9 Å². The smallest absolute Gasteiger partial charge is 0.462 e. The Balaban J connectivity index is 3.92. The standard InChI is InChI=1S/C55H110NO8P/c1-6-8-10-12-14-16-18-19-20-21-22-23-24-25-26-27-28-29-30-31-32-33-34-35-36-37-38-40-42-44-46-48-55(58)64-53(52-63-65(59,60)62-50-49-56(3,4)5)51-61-54(57)47-45-43-41-39-17-15-13-11-9-7-2/h53H,6-52H2,1-5H3/p+1. The van der Waals surface area contributed by atoms with E-state index in [2.05, 4.69) is 13.8 Å². The van der Waals surface area contributed by atoms with Crippen LogP contribution in [0.5, 0.6) is 0 Å². The number of hydrogen-bond donors (Lipinski definition) is 1. The number of esters is 2. The molecule has 0 aliphatic carbocycles. The second-order valence-corrected chi connectivity index (χ2v) is 22.1. The molecule has 0 radical (unpaired) electrons. The fourth-order valence-corrected chi connectivity index (χ4v) is 9.23. The molecular formula is C55H111NO8P+. The van der Waals surface area contributed by atoms with E-state index in [-0.39, 0.29) is 25.6 Å². The molecule has 2 atom stereocenters. The van der Waals surface area contributed by atoms with Crippen LogP contribution in [0.4, 0.5) is 0 Å². The molecule has 9 nitrogen and oxygen atoms in total. The zero-order chi connectivity index (χ0) is 47.8. The lowest BCUT2D eigenvalue weighted by Crippen LogP contribution is -2.37. The van der Waals surface area contributed by atoms with E-state index in [1.54, 1.807) is 0 Å². The fourth-order valence-electron chi connectivity index (χ4n) is 8.49. The summed E-state index contributed by atoms with van der Waals surface area (Å²) in [5, 5.41) is 0. The number of carbonyl (C=O) groups excluding carboxylic acids is 2. The molecule has 0 aromatic heterocycles. The van der Waals surface area contributed by atoms with Gasteiger partial charge in [-0.1, -0.05) is 264 Å². The molecule has 0 heterocycles. The van der Waals surface area contributed by atoms with E-state index >= 15 is 0 Å². The van der Waals surface area contributed by atoms with Crippen molar-refractivity contribution in [1.82, 2.24) is 0 Å². The monoisotopic (exact) mass is 945 g/mol. The van der Waals surface area contributed by atoms with E-state index in [0.717, 1.165) is 38.5 Å². The van der Waals surface area contributed by atoms with E-state index in [9.17, 15) is 19.0 Å². The Morgan fingerprint density at radius 1 is 0.415 bits per heavy atom. The lowest BCUT2D eigenvalue weighted by molar-refractivity contribution is -0.870. The van der Waals surface area contributed by atoms with Crippen molar-refractivity contribution >= 4 is 19.8 Å². The highest BCUT2D eigenvalue weighted by atomic mass is 31.2. The van der Waals surface area contributed by atoms with Crippen molar-refractivity contribution in [2.45, 2.75) is 296 Å². The van der Waals surface area contributed by atoms with Crippen molar-refractivity contribution in [2.24, 2.45) is 0 Å². The molecule has 0 spiro atoms. The molecule has 0 aliphatic rings. The Hall–Kier alpha value is -0.990. The number of phosphoric acid groups is 1. The average Bonchev–Trinajstić information content (AvgIpc) is 3.26. The van der Waals surface area contributed by atoms with Gasteiger partial charge in [-0.2, -0.15) is 0 Å². The summed E-state index contributed by atoms with van der Waals surface area (Å²) in [6, 6.07) is 0. The van der Waals surface area contributed by atoms with Gasteiger partial charge in [0, 0.05) is 12.8 Å². The molecule has 388 valence electrons. The summed E-state index contributed by atoms with van der Waals surface area (Å²) in [6.07, 6.45) is 53.4. The van der Waals surface area contributed by atoms with Crippen LogP contribution in [0.3, 0.4) is 0 Å². The average molecular weight is 945 g/mol. The quantitative estimate of drug-likeness (QED) is 0.0278. The van der Waals surface area contributed by atoms with Crippen molar-refractivity contribution in [3.8, 4) is 0 Å². The summed E-state index contributed by atoms with van der Waals surface area (Å²) in [5.41, 5.74) is 0. The van der Waals surface area contributed by atoms with Crippen molar-refractivity contribution in [2.75, 3.05) is 47.5 Å². The number of hydrogen-bond acceptors (Lipinski definition) is 7.